The second-order valence-corrected chi connectivity index (χ2v) is 10.4. The van der Waals surface area contributed by atoms with E-state index in [1.165, 1.54) is 12.1 Å². The van der Waals surface area contributed by atoms with Crippen molar-refractivity contribution < 1.29 is 13.9 Å². The molecule has 1 saturated heterocycles. The molecule has 0 saturated carbocycles. The zero-order valence-corrected chi connectivity index (χ0v) is 22.2. The first-order chi connectivity index (χ1) is 17.0. The smallest absolute Gasteiger partial charge is 0.254 e. The number of pyridine rings is 1. The van der Waals surface area contributed by atoms with Crippen molar-refractivity contribution in [2.45, 2.75) is 39.3 Å². The molecule has 6 nitrogen and oxygen atoms in total. The zero-order chi connectivity index (χ0) is 26.2. The fourth-order valence-corrected chi connectivity index (χ4v) is 5.18. The molecule has 1 amide bonds. The van der Waals surface area contributed by atoms with Crippen molar-refractivity contribution in [1.29, 1.82) is 0 Å². The van der Waals surface area contributed by atoms with Crippen LogP contribution in [0.1, 0.15) is 48.4 Å². The third-order valence-electron chi connectivity index (χ3n) is 6.50. The molecule has 0 radical (unpaired) electrons. The van der Waals surface area contributed by atoms with Crippen LogP contribution >= 0.6 is 23.2 Å². The van der Waals surface area contributed by atoms with Crippen LogP contribution in [0.2, 0.25) is 10.0 Å². The van der Waals surface area contributed by atoms with E-state index in [2.05, 4.69) is 24.1 Å². The second kappa shape index (κ2) is 10.2. The van der Waals surface area contributed by atoms with E-state index >= 15 is 0 Å². The molecule has 2 aromatic carbocycles. The molecule has 0 bridgehead atoms. The highest BCUT2D eigenvalue weighted by Gasteiger charge is 2.33. The maximum absolute atomic E-state index is 14.0. The van der Waals surface area contributed by atoms with Crippen molar-refractivity contribution in [3.8, 4) is 16.9 Å². The molecule has 1 aliphatic rings. The second-order valence-electron chi connectivity index (χ2n) is 9.60. The van der Waals surface area contributed by atoms with Crippen molar-refractivity contribution in [1.82, 2.24) is 15.2 Å². The van der Waals surface area contributed by atoms with Gasteiger partial charge in [0.15, 0.2) is 11.6 Å². The first kappa shape index (κ1) is 26.2. The van der Waals surface area contributed by atoms with E-state index in [1.807, 2.05) is 30.0 Å². The van der Waals surface area contributed by atoms with E-state index < -0.39 is 11.9 Å². The number of aromatic nitrogens is 1. The van der Waals surface area contributed by atoms with Crippen molar-refractivity contribution in [3.63, 3.8) is 0 Å². The van der Waals surface area contributed by atoms with Crippen molar-refractivity contribution in [3.05, 3.63) is 75.1 Å². The topological polar surface area (TPSA) is 80.5 Å². The minimum absolute atomic E-state index is 0.00767. The lowest BCUT2D eigenvalue weighted by Crippen LogP contribution is -2.59. The Morgan fingerprint density at radius 1 is 1.25 bits per heavy atom. The number of nitrogens with two attached hydrogens (primary N) is 1. The average molecular weight is 531 g/mol. The normalized spacial score (nSPS) is 16.0. The van der Waals surface area contributed by atoms with Gasteiger partial charge in [0.05, 0.1) is 10.6 Å². The lowest BCUT2D eigenvalue weighted by molar-refractivity contribution is 0.0477. The number of nitrogen functional groups attached to an aromatic ring is 1. The van der Waals surface area contributed by atoms with Crippen molar-refractivity contribution in [2.24, 2.45) is 0 Å². The van der Waals surface area contributed by atoms with Crippen LogP contribution in [-0.2, 0) is 0 Å². The van der Waals surface area contributed by atoms with E-state index in [0.717, 1.165) is 29.8 Å². The maximum Gasteiger partial charge on any atom is 0.254 e. The Hall–Kier alpha value is -2.87. The third kappa shape index (κ3) is 5.14. The molecule has 1 aromatic heterocycles. The quantitative estimate of drug-likeness (QED) is 0.392. The van der Waals surface area contributed by atoms with Gasteiger partial charge in [0.1, 0.15) is 11.9 Å². The van der Waals surface area contributed by atoms with E-state index in [9.17, 15) is 9.18 Å². The highest BCUT2D eigenvalue weighted by Crippen LogP contribution is 2.37. The molecule has 0 spiro atoms. The van der Waals surface area contributed by atoms with Gasteiger partial charge in [-0.1, -0.05) is 29.3 Å². The summed E-state index contributed by atoms with van der Waals surface area (Å²) in [6.07, 6.45) is 0.974. The first-order valence-corrected chi connectivity index (χ1v) is 12.4. The fourth-order valence-electron chi connectivity index (χ4n) is 4.50. The summed E-state index contributed by atoms with van der Waals surface area (Å²) in [7, 11) is 0. The van der Waals surface area contributed by atoms with Gasteiger partial charge in [-0.25, -0.2) is 9.37 Å². The lowest BCUT2D eigenvalue weighted by Gasteiger charge is -2.43. The van der Waals surface area contributed by atoms with Gasteiger partial charge in [-0.3, -0.25) is 4.79 Å². The molecule has 1 aliphatic heterocycles. The molecule has 190 valence electrons. The summed E-state index contributed by atoms with van der Waals surface area (Å²) in [5.74, 6) is -0.0766. The van der Waals surface area contributed by atoms with Gasteiger partial charge >= 0.3 is 0 Å². The highest BCUT2D eigenvalue weighted by atomic mass is 35.5. The summed E-state index contributed by atoms with van der Waals surface area (Å²) in [4.78, 5) is 19.5. The van der Waals surface area contributed by atoms with Crippen LogP contribution in [0.15, 0.2) is 42.6 Å². The number of rotatable bonds is 5. The van der Waals surface area contributed by atoms with Crippen molar-refractivity contribution >= 4 is 34.9 Å². The Morgan fingerprint density at radius 2 is 2.00 bits per heavy atom. The Morgan fingerprint density at radius 3 is 2.69 bits per heavy atom. The molecule has 0 aliphatic carbocycles. The van der Waals surface area contributed by atoms with E-state index in [4.69, 9.17) is 33.7 Å². The zero-order valence-electron chi connectivity index (χ0n) is 20.7. The Kier molecular flexibility index (Phi) is 7.46. The molecular formula is C27H29Cl2FN4O2. The Balaban J connectivity index is 1.61. The van der Waals surface area contributed by atoms with Crippen molar-refractivity contribution in [2.75, 3.05) is 25.4 Å². The number of ether oxygens (including phenoxy) is 1. The summed E-state index contributed by atoms with van der Waals surface area (Å²) in [6, 6.07) is 10.0. The standard InChI is InChI=1S/C27H29Cl2FN4O2/c1-15-11-17(26(35)34-10-9-32-14-27(34,3)4)5-6-19(15)18-12-22(25(31)33-13-18)36-16(2)23-20(28)7-8-21(30)24(23)29/h5-8,11-13,16,32H,9-10,14H2,1-4H3,(H2,31,33). The van der Waals surface area contributed by atoms with Gasteiger partial charge in [0.2, 0.25) is 0 Å². The van der Waals surface area contributed by atoms with Gasteiger partial charge in [-0.15, -0.1) is 0 Å². The van der Waals surface area contributed by atoms with Crippen LogP contribution in [0, 0.1) is 12.7 Å². The summed E-state index contributed by atoms with van der Waals surface area (Å²) in [5.41, 5.74) is 9.34. The fraction of sp³-hybridized carbons (Fsp3) is 0.333. The van der Waals surface area contributed by atoms with Gasteiger partial charge in [-0.05, 0) is 69.2 Å². The molecule has 9 heteroatoms. The number of carbonyl (C=O) groups excluding carboxylic acids is 1. The number of amides is 1. The van der Waals surface area contributed by atoms with Gasteiger partial charge in [-0.2, -0.15) is 0 Å². The number of hydrogen-bond donors (Lipinski definition) is 2. The van der Waals surface area contributed by atoms with Crippen LogP contribution < -0.4 is 15.8 Å². The maximum atomic E-state index is 14.0. The number of aryl methyl sites for hydroxylation is 1. The molecular weight excluding hydrogens is 502 g/mol. The SMILES string of the molecule is Cc1cc(C(=O)N2CCNCC2(C)C)ccc1-c1cnc(N)c(OC(C)c2c(Cl)ccc(F)c2Cl)c1. The lowest BCUT2D eigenvalue weighted by atomic mass is 9.96. The number of hydrogen-bond acceptors (Lipinski definition) is 5. The molecule has 1 fully saturated rings. The number of benzene rings is 2. The minimum atomic E-state index is -0.677. The average Bonchev–Trinajstić information content (AvgIpc) is 2.82. The monoisotopic (exact) mass is 530 g/mol. The van der Waals surface area contributed by atoms with Crippen LogP contribution in [0.4, 0.5) is 10.2 Å². The molecule has 3 N–H and O–H groups in total. The van der Waals surface area contributed by atoms with Gasteiger partial charge in [0, 0.05) is 47.5 Å². The van der Waals surface area contributed by atoms with Crippen LogP contribution in [0.5, 0.6) is 5.75 Å². The van der Waals surface area contributed by atoms with Crippen LogP contribution in [0.25, 0.3) is 11.1 Å². The third-order valence-corrected chi connectivity index (χ3v) is 7.22. The number of carbonyl (C=O) groups is 1. The van der Waals surface area contributed by atoms with E-state index in [1.54, 1.807) is 19.2 Å². The number of halogens is 3. The first-order valence-electron chi connectivity index (χ1n) is 11.7. The van der Waals surface area contributed by atoms with Gasteiger partial charge in [0.25, 0.3) is 5.91 Å². The predicted molar refractivity (Wildman–Crippen MR) is 142 cm³/mol. The summed E-state index contributed by atoms with van der Waals surface area (Å²) in [5, 5.41) is 3.54. The molecule has 36 heavy (non-hydrogen) atoms. The summed E-state index contributed by atoms with van der Waals surface area (Å²) in [6.45, 7) is 9.96. The van der Waals surface area contributed by atoms with Gasteiger partial charge < -0.3 is 20.7 Å². The number of nitrogens with zero attached hydrogens (tertiary/aromatic N) is 2. The molecule has 3 aromatic rings. The van der Waals surface area contributed by atoms with E-state index in [0.29, 0.717) is 28.4 Å². The summed E-state index contributed by atoms with van der Waals surface area (Å²) < 4.78 is 20.0. The molecule has 4 rings (SSSR count). The molecule has 1 atom stereocenters. The number of anilines is 1. The number of nitrogens with one attached hydrogen (secondary N) is 1. The highest BCUT2D eigenvalue weighted by molar-refractivity contribution is 6.36. The predicted octanol–water partition coefficient (Wildman–Crippen LogP) is 6.05. The molecule has 2 heterocycles. The summed E-state index contributed by atoms with van der Waals surface area (Å²) >= 11 is 12.4. The van der Waals surface area contributed by atoms with Crippen LogP contribution in [-0.4, -0.2) is 41.0 Å². The Labute approximate surface area is 220 Å². The number of piperazine rings is 1. The van der Waals surface area contributed by atoms with Crippen LogP contribution in [0.3, 0.4) is 0 Å². The van der Waals surface area contributed by atoms with E-state index in [-0.39, 0.29) is 22.3 Å². The molecule has 1 unspecified atom stereocenters. The largest absolute Gasteiger partial charge is 0.482 e. The minimum Gasteiger partial charge on any atom is -0.482 e. The Bertz CT molecular complexity index is 1320.